The summed E-state index contributed by atoms with van der Waals surface area (Å²) in [5, 5.41) is 0.265. The standard InChI is InChI=1S/C24H12F6N4S2/c25-23(26,27)19-17(13-5-9-31-10-6-13)33-21(35-19)15-1-2-16(4-3-15)22-34-18(14-7-11-32-12-8-14)20(36-22)24(28,29)30/h1-12H. The Morgan fingerprint density at radius 2 is 0.806 bits per heavy atom. The van der Waals surface area contributed by atoms with E-state index in [1.54, 1.807) is 0 Å². The number of aromatic nitrogens is 4. The van der Waals surface area contributed by atoms with Crippen molar-refractivity contribution in [2.75, 3.05) is 0 Å². The molecule has 0 bridgehead atoms. The van der Waals surface area contributed by atoms with Gasteiger partial charge in [-0.15, -0.1) is 22.7 Å². The van der Waals surface area contributed by atoms with Gasteiger partial charge in [-0.2, -0.15) is 26.3 Å². The monoisotopic (exact) mass is 534 g/mol. The molecule has 0 amide bonds. The molecule has 5 aromatic rings. The van der Waals surface area contributed by atoms with E-state index in [0.29, 0.717) is 33.8 Å². The zero-order valence-electron chi connectivity index (χ0n) is 17.8. The molecule has 0 saturated heterocycles. The Kier molecular flexibility index (Phi) is 6.08. The molecule has 182 valence electrons. The minimum atomic E-state index is -4.60. The van der Waals surface area contributed by atoms with Crippen LogP contribution in [0.4, 0.5) is 26.3 Å². The number of alkyl halides is 6. The summed E-state index contributed by atoms with van der Waals surface area (Å²) < 4.78 is 82.1. The molecule has 4 nitrogen and oxygen atoms in total. The lowest BCUT2D eigenvalue weighted by Gasteiger charge is -2.05. The van der Waals surface area contributed by atoms with Gasteiger partial charge in [-0.3, -0.25) is 9.97 Å². The average Bonchev–Trinajstić information content (AvgIpc) is 3.51. The fourth-order valence-electron chi connectivity index (χ4n) is 3.44. The van der Waals surface area contributed by atoms with E-state index in [0.717, 1.165) is 0 Å². The summed E-state index contributed by atoms with van der Waals surface area (Å²) in [6, 6.07) is 11.8. The number of benzene rings is 1. The quantitative estimate of drug-likeness (QED) is 0.219. The van der Waals surface area contributed by atoms with Crippen LogP contribution in [0.5, 0.6) is 0 Å². The number of hydrogen-bond donors (Lipinski definition) is 0. The number of pyridine rings is 2. The molecule has 0 aliphatic carbocycles. The third-order valence-electron chi connectivity index (χ3n) is 5.06. The van der Waals surface area contributed by atoms with Crippen molar-refractivity contribution >= 4 is 22.7 Å². The van der Waals surface area contributed by atoms with Crippen LogP contribution in [0.15, 0.2) is 73.3 Å². The van der Waals surface area contributed by atoms with Crippen LogP contribution < -0.4 is 0 Å². The second kappa shape index (κ2) is 9.10. The smallest absolute Gasteiger partial charge is 0.265 e. The Bertz CT molecular complexity index is 1380. The molecule has 0 spiro atoms. The van der Waals surface area contributed by atoms with Crippen molar-refractivity contribution in [1.82, 2.24) is 19.9 Å². The molecule has 1 aromatic carbocycles. The maximum Gasteiger partial charge on any atom is 0.427 e. The maximum absolute atomic E-state index is 13.7. The van der Waals surface area contributed by atoms with E-state index in [4.69, 9.17) is 0 Å². The highest BCUT2D eigenvalue weighted by molar-refractivity contribution is 7.16. The summed E-state index contributed by atoms with van der Waals surface area (Å²) in [4.78, 5) is 14.4. The highest BCUT2D eigenvalue weighted by Gasteiger charge is 2.39. The predicted molar refractivity (Wildman–Crippen MR) is 125 cm³/mol. The molecule has 5 rings (SSSR count). The summed E-state index contributed by atoms with van der Waals surface area (Å²) in [7, 11) is 0. The molecule has 4 heterocycles. The Balaban J connectivity index is 1.53. The zero-order chi connectivity index (χ0) is 25.5. The largest absolute Gasteiger partial charge is 0.427 e. The minimum absolute atomic E-state index is 0.133. The molecule has 0 aliphatic heterocycles. The lowest BCUT2D eigenvalue weighted by atomic mass is 10.1. The van der Waals surface area contributed by atoms with Crippen molar-refractivity contribution in [2.45, 2.75) is 12.4 Å². The van der Waals surface area contributed by atoms with Gasteiger partial charge >= 0.3 is 12.4 Å². The minimum Gasteiger partial charge on any atom is -0.265 e. The molecule has 0 aliphatic rings. The number of nitrogens with zero attached hydrogens (tertiary/aromatic N) is 4. The summed E-state index contributed by atoms with van der Waals surface area (Å²) >= 11 is 0.998. The summed E-state index contributed by atoms with van der Waals surface area (Å²) in [6.07, 6.45) is -3.68. The van der Waals surface area contributed by atoms with E-state index < -0.39 is 22.1 Å². The lowest BCUT2D eigenvalue weighted by molar-refractivity contribution is -0.134. The van der Waals surface area contributed by atoms with Gasteiger partial charge in [0.25, 0.3) is 0 Å². The lowest BCUT2D eigenvalue weighted by Crippen LogP contribution is -2.03. The van der Waals surface area contributed by atoms with Crippen molar-refractivity contribution < 1.29 is 26.3 Å². The highest BCUT2D eigenvalue weighted by Crippen LogP contribution is 2.45. The van der Waals surface area contributed by atoms with Crippen LogP contribution in [-0.2, 0) is 12.4 Å². The van der Waals surface area contributed by atoms with E-state index in [1.807, 2.05) is 0 Å². The number of halogens is 6. The van der Waals surface area contributed by atoms with Crippen molar-refractivity contribution in [2.24, 2.45) is 0 Å². The normalized spacial score (nSPS) is 12.2. The average molecular weight is 535 g/mol. The van der Waals surface area contributed by atoms with Crippen LogP contribution in [0.2, 0.25) is 0 Å². The molecule has 0 saturated carbocycles. The molecule has 0 atom stereocenters. The second-order valence-corrected chi connectivity index (χ2v) is 9.44. The van der Waals surface area contributed by atoms with Crippen LogP contribution in [0.3, 0.4) is 0 Å². The van der Waals surface area contributed by atoms with E-state index >= 15 is 0 Å². The molecule has 12 heteroatoms. The second-order valence-electron chi connectivity index (χ2n) is 7.44. The highest BCUT2D eigenvalue weighted by atomic mass is 32.1. The van der Waals surface area contributed by atoms with E-state index in [2.05, 4.69) is 19.9 Å². The van der Waals surface area contributed by atoms with Crippen LogP contribution in [0, 0.1) is 0 Å². The van der Waals surface area contributed by atoms with Crippen molar-refractivity contribution in [3.8, 4) is 43.7 Å². The van der Waals surface area contributed by atoms with Gasteiger partial charge in [-0.05, 0) is 24.3 Å². The van der Waals surface area contributed by atoms with Gasteiger partial charge in [-0.1, -0.05) is 24.3 Å². The van der Waals surface area contributed by atoms with Crippen LogP contribution in [0.1, 0.15) is 9.75 Å². The number of thiazole rings is 2. The maximum atomic E-state index is 13.7. The van der Waals surface area contributed by atoms with E-state index in [9.17, 15) is 26.3 Å². The van der Waals surface area contributed by atoms with Crippen molar-refractivity contribution in [3.63, 3.8) is 0 Å². The van der Waals surface area contributed by atoms with E-state index in [1.165, 1.54) is 73.3 Å². The van der Waals surface area contributed by atoms with Gasteiger partial charge in [0.2, 0.25) is 0 Å². The van der Waals surface area contributed by atoms with Crippen molar-refractivity contribution in [1.29, 1.82) is 0 Å². The molecule has 4 aromatic heterocycles. The topological polar surface area (TPSA) is 51.6 Å². The van der Waals surface area contributed by atoms with Gasteiger partial charge < -0.3 is 0 Å². The molecule has 0 fully saturated rings. The van der Waals surface area contributed by atoms with E-state index in [-0.39, 0.29) is 32.5 Å². The zero-order valence-corrected chi connectivity index (χ0v) is 19.4. The molecule has 36 heavy (non-hydrogen) atoms. The molecular formula is C24H12F6N4S2. The Hall–Kier alpha value is -3.64. The molecule has 0 unspecified atom stereocenters. The third kappa shape index (κ3) is 4.73. The van der Waals surface area contributed by atoms with Gasteiger partial charge in [0.1, 0.15) is 19.8 Å². The summed E-state index contributed by atoms with van der Waals surface area (Å²) in [6.45, 7) is 0. The van der Waals surface area contributed by atoms with Crippen molar-refractivity contribution in [3.05, 3.63) is 83.1 Å². The fraction of sp³-hybridized carbons (Fsp3) is 0.0833. The Morgan fingerprint density at radius 1 is 0.472 bits per heavy atom. The van der Waals surface area contributed by atoms with Gasteiger partial charge in [0.15, 0.2) is 0 Å². The predicted octanol–water partition coefficient (Wildman–Crippen LogP) is 8.10. The summed E-state index contributed by atoms with van der Waals surface area (Å²) in [5.41, 5.74) is 0.953. The number of rotatable bonds is 4. The van der Waals surface area contributed by atoms with Crippen LogP contribution >= 0.6 is 22.7 Å². The fourth-order valence-corrected chi connectivity index (χ4v) is 5.36. The third-order valence-corrected chi connectivity index (χ3v) is 7.35. The van der Waals surface area contributed by atoms with Gasteiger partial charge in [0, 0.05) is 47.0 Å². The molecule has 0 radical (unpaired) electrons. The van der Waals surface area contributed by atoms with Gasteiger partial charge in [-0.25, -0.2) is 9.97 Å². The molecule has 0 N–H and O–H groups in total. The van der Waals surface area contributed by atoms with Crippen LogP contribution in [-0.4, -0.2) is 19.9 Å². The molecular weight excluding hydrogens is 522 g/mol. The SMILES string of the molecule is FC(F)(F)c1sc(-c2ccc(-c3nc(-c4ccncc4)c(C(F)(F)F)s3)cc2)nc1-c1ccncc1. The van der Waals surface area contributed by atoms with Gasteiger partial charge in [0.05, 0.1) is 11.4 Å². The first-order chi connectivity index (χ1) is 17.1. The Morgan fingerprint density at radius 3 is 1.11 bits per heavy atom. The summed E-state index contributed by atoms with van der Waals surface area (Å²) in [5.74, 6) is 0. The first-order valence-electron chi connectivity index (χ1n) is 10.2. The number of hydrogen-bond acceptors (Lipinski definition) is 6. The van der Waals surface area contributed by atoms with Crippen LogP contribution in [0.25, 0.3) is 43.7 Å². The first kappa shape index (κ1) is 24.1. The first-order valence-corrected chi connectivity index (χ1v) is 11.8. The Labute approximate surface area is 208 Å².